The number of Topliss-reactive ketones (excluding diaryl/α,β-unsaturated/α-hetero) is 1. The third-order valence-electron chi connectivity index (χ3n) is 5.71. The molecule has 0 aliphatic rings. The number of aromatic nitrogens is 2. The standard InChI is InChI=1S/C25H31N3O6/c1-4-33-22-10-5-6-11-23(22)34-16-15-28(25(31)32)14-8-7-9-21(29)18-12-13-19-20(17-18)27(3)24(30)26(19)2/h5-6,10-13,17H,4,7-9,14-16H2,1-3H3,(H,31,32). The van der Waals surface area contributed by atoms with E-state index in [2.05, 4.69) is 0 Å². The third kappa shape index (κ3) is 5.78. The number of nitrogens with zero attached hydrogens (tertiary/aromatic N) is 3. The molecule has 0 aliphatic carbocycles. The van der Waals surface area contributed by atoms with Crippen molar-refractivity contribution in [1.82, 2.24) is 14.0 Å². The summed E-state index contributed by atoms with van der Waals surface area (Å²) in [7, 11) is 3.38. The highest BCUT2D eigenvalue weighted by Crippen LogP contribution is 2.26. The van der Waals surface area contributed by atoms with Crippen molar-refractivity contribution in [1.29, 1.82) is 0 Å². The van der Waals surface area contributed by atoms with Gasteiger partial charge in [0.25, 0.3) is 0 Å². The largest absolute Gasteiger partial charge is 0.490 e. The van der Waals surface area contributed by atoms with Gasteiger partial charge in [-0.3, -0.25) is 13.9 Å². The van der Waals surface area contributed by atoms with Gasteiger partial charge in [0, 0.05) is 32.6 Å². The highest BCUT2D eigenvalue weighted by atomic mass is 16.5. The molecule has 0 unspecified atom stereocenters. The molecule has 182 valence electrons. The van der Waals surface area contributed by atoms with Crippen LogP contribution in [0.25, 0.3) is 11.0 Å². The zero-order valence-corrected chi connectivity index (χ0v) is 19.8. The number of carbonyl (C=O) groups excluding carboxylic acids is 1. The molecule has 0 bridgehead atoms. The monoisotopic (exact) mass is 469 g/mol. The minimum atomic E-state index is -1.02. The quantitative estimate of drug-likeness (QED) is 0.321. The molecule has 3 aromatic rings. The maximum absolute atomic E-state index is 12.6. The number of imidazole rings is 1. The van der Waals surface area contributed by atoms with Crippen LogP contribution >= 0.6 is 0 Å². The van der Waals surface area contributed by atoms with Crippen molar-refractivity contribution in [2.24, 2.45) is 14.1 Å². The van der Waals surface area contributed by atoms with Crippen LogP contribution in [-0.2, 0) is 14.1 Å². The topological polar surface area (TPSA) is 103 Å². The molecule has 0 saturated heterocycles. The molecular weight excluding hydrogens is 438 g/mol. The summed E-state index contributed by atoms with van der Waals surface area (Å²) in [5, 5.41) is 9.50. The zero-order chi connectivity index (χ0) is 24.7. The van der Waals surface area contributed by atoms with Crippen LogP contribution < -0.4 is 15.2 Å². The van der Waals surface area contributed by atoms with Gasteiger partial charge < -0.3 is 19.5 Å². The lowest BCUT2D eigenvalue weighted by molar-refractivity contribution is 0.0977. The molecule has 0 radical (unpaired) electrons. The van der Waals surface area contributed by atoms with E-state index in [4.69, 9.17) is 9.47 Å². The Morgan fingerprint density at radius 2 is 1.62 bits per heavy atom. The minimum absolute atomic E-state index is 0.0315. The predicted molar refractivity (Wildman–Crippen MR) is 129 cm³/mol. The summed E-state index contributed by atoms with van der Waals surface area (Å²) in [6, 6.07) is 12.5. The summed E-state index contributed by atoms with van der Waals surface area (Å²) >= 11 is 0. The van der Waals surface area contributed by atoms with Gasteiger partial charge in [-0.15, -0.1) is 0 Å². The number of benzene rings is 2. The second-order valence-corrected chi connectivity index (χ2v) is 7.98. The predicted octanol–water partition coefficient (Wildman–Crippen LogP) is 3.69. The van der Waals surface area contributed by atoms with Crippen LogP contribution in [0.4, 0.5) is 4.79 Å². The average molecular weight is 470 g/mol. The van der Waals surface area contributed by atoms with E-state index in [1.54, 1.807) is 49.0 Å². The number of hydrogen-bond acceptors (Lipinski definition) is 5. The fraction of sp³-hybridized carbons (Fsp3) is 0.400. The van der Waals surface area contributed by atoms with Crippen molar-refractivity contribution < 1.29 is 24.2 Å². The van der Waals surface area contributed by atoms with Crippen molar-refractivity contribution in [3.8, 4) is 11.5 Å². The van der Waals surface area contributed by atoms with Gasteiger partial charge in [0.05, 0.1) is 24.2 Å². The molecule has 2 aromatic carbocycles. The molecule has 0 fully saturated rings. The van der Waals surface area contributed by atoms with Gasteiger partial charge in [0.1, 0.15) is 6.61 Å². The first-order chi connectivity index (χ1) is 16.3. The van der Waals surface area contributed by atoms with E-state index < -0.39 is 6.09 Å². The molecule has 0 aliphatic heterocycles. The number of amides is 1. The van der Waals surface area contributed by atoms with Gasteiger partial charge in [-0.2, -0.15) is 0 Å². The smallest absolute Gasteiger partial charge is 0.407 e. The molecule has 34 heavy (non-hydrogen) atoms. The summed E-state index contributed by atoms with van der Waals surface area (Å²) in [6.07, 6.45) is 0.392. The molecule has 1 heterocycles. The van der Waals surface area contributed by atoms with Crippen molar-refractivity contribution >= 4 is 22.9 Å². The Labute approximate surface area is 198 Å². The summed E-state index contributed by atoms with van der Waals surface area (Å²) in [4.78, 5) is 37.6. The number of fused-ring (bicyclic) bond motifs is 1. The number of carbonyl (C=O) groups is 2. The second kappa shape index (κ2) is 11.4. The second-order valence-electron chi connectivity index (χ2n) is 7.98. The summed E-state index contributed by atoms with van der Waals surface area (Å²) < 4.78 is 14.3. The van der Waals surface area contributed by atoms with Crippen LogP contribution in [0.5, 0.6) is 11.5 Å². The zero-order valence-electron chi connectivity index (χ0n) is 19.8. The number of para-hydroxylation sites is 2. The first kappa shape index (κ1) is 24.9. The van der Waals surface area contributed by atoms with E-state index in [9.17, 15) is 19.5 Å². The number of carboxylic acid groups (broad SMARTS) is 1. The number of ketones is 1. The first-order valence-corrected chi connectivity index (χ1v) is 11.3. The average Bonchev–Trinajstić information content (AvgIpc) is 3.05. The molecule has 1 aromatic heterocycles. The molecular formula is C25H31N3O6. The van der Waals surface area contributed by atoms with Crippen LogP contribution in [0.15, 0.2) is 47.3 Å². The van der Waals surface area contributed by atoms with Gasteiger partial charge in [-0.05, 0) is 50.1 Å². The lowest BCUT2D eigenvalue weighted by Crippen LogP contribution is -2.34. The normalized spacial score (nSPS) is 10.9. The van der Waals surface area contributed by atoms with Gasteiger partial charge in [0.15, 0.2) is 17.3 Å². The van der Waals surface area contributed by atoms with Gasteiger partial charge >= 0.3 is 11.8 Å². The maximum atomic E-state index is 12.6. The van der Waals surface area contributed by atoms with Crippen molar-refractivity contribution in [2.75, 3.05) is 26.3 Å². The molecule has 9 nitrogen and oxygen atoms in total. The van der Waals surface area contributed by atoms with Crippen LogP contribution in [-0.4, -0.2) is 57.3 Å². The van der Waals surface area contributed by atoms with Crippen LogP contribution in [0.3, 0.4) is 0 Å². The van der Waals surface area contributed by atoms with Gasteiger partial charge in [-0.25, -0.2) is 9.59 Å². The Morgan fingerprint density at radius 1 is 0.941 bits per heavy atom. The molecule has 1 amide bonds. The summed E-state index contributed by atoms with van der Waals surface area (Å²) in [5.41, 5.74) is 1.89. The minimum Gasteiger partial charge on any atom is -0.490 e. The number of rotatable bonds is 12. The fourth-order valence-corrected chi connectivity index (χ4v) is 3.83. The van der Waals surface area contributed by atoms with Crippen molar-refractivity contribution in [2.45, 2.75) is 26.2 Å². The summed E-state index contributed by atoms with van der Waals surface area (Å²) in [6.45, 7) is 3.12. The van der Waals surface area contributed by atoms with Gasteiger partial charge in [-0.1, -0.05) is 12.1 Å². The Balaban J connectivity index is 1.48. The molecule has 0 saturated carbocycles. The third-order valence-corrected chi connectivity index (χ3v) is 5.71. The highest BCUT2D eigenvalue weighted by molar-refractivity contribution is 5.99. The molecule has 0 atom stereocenters. The Kier molecular flexibility index (Phi) is 8.34. The Morgan fingerprint density at radius 3 is 2.29 bits per heavy atom. The molecule has 3 rings (SSSR count). The van der Waals surface area contributed by atoms with E-state index in [1.807, 2.05) is 19.1 Å². The van der Waals surface area contributed by atoms with Crippen LogP contribution in [0.1, 0.15) is 36.5 Å². The van der Waals surface area contributed by atoms with Crippen molar-refractivity contribution in [3.63, 3.8) is 0 Å². The van der Waals surface area contributed by atoms with Gasteiger partial charge in [0.2, 0.25) is 0 Å². The van der Waals surface area contributed by atoms with E-state index >= 15 is 0 Å². The lowest BCUT2D eigenvalue weighted by atomic mass is 10.0. The Bertz CT molecular complexity index is 1210. The van der Waals surface area contributed by atoms with E-state index in [0.29, 0.717) is 55.0 Å². The highest BCUT2D eigenvalue weighted by Gasteiger charge is 2.14. The summed E-state index contributed by atoms with van der Waals surface area (Å²) in [5.74, 6) is 1.17. The number of aryl methyl sites for hydroxylation is 2. The first-order valence-electron chi connectivity index (χ1n) is 11.3. The number of hydrogen-bond donors (Lipinski definition) is 1. The van der Waals surface area contributed by atoms with E-state index in [0.717, 1.165) is 5.52 Å². The van der Waals surface area contributed by atoms with E-state index in [-0.39, 0.29) is 24.6 Å². The van der Waals surface area contributed by atoms with E-state index in [1.165, 1.54) is 9.47 Å². The van der Waals surface area contributed by atoms with Crippen LogP contribution in [0, 0.1) is 0 Å². The number of ether oxygens (including phenoxy) is 2. The molecule has 1 N–H and O–H groups in total. The fourth-order valence-electron chi connectivity index (χ4n) is 3.83. The van der Waals surface area contributed by atoms with Crippen molar-refractivity contribution in [3.05, 3.63) is 58.5 Å². The number of unbranched alkanes of at least 4 members (excludes halogenated alkanes) is 1. The SMILES string of the molecule is CCOc1ccccc1OCCN(CCCCC(=O)c1ccc2c(c1)n(C)c(=O)n2C)C(=O)O. The van der Waals surface area contributed by atoms with Crippen LogP contribution in [0.2, 0.25) is 0 Å². The molecule has 0 spiro atoms. The molecule has 9 heteroatoms. The lowest BCUT2D eigenvalue weighted by Gasteiger charge is -2.20. The Hall–Kier alpha value is -3.75. The maximum Gasteiger partial charge on any atom is 0.407 e.